The molecule has 2 amide bonds. The third-order valence-corrected chi connectivity index (χ3v) is 5.18. The number of benzene rings is 1. The molecule has 0 atom stereocenters. The van der Waals surface area contributed by atoms with E-state index < -0.39 is 0 Å². The van der Waals surface area contributed by atoms with Gasteiger partial charge in [0.2, 0.25) is 5.88 Å². The van der Waals surface area contributed by atoms with E-state index in [9.17, 15) is 9.59 Å². The van der Waals surface area contributed by atoms with E-state index >= 15 is 0 Å². The third-order valence-electron chi connectivity index (χ3n) is 4.92. The first-order valence-electron chi connectivity index (χ1n) is 9.07. The van der Waals surface area contributed by atoms with Crippen molar-refractivity contribution < 1.29 is 14.3 Å². The van der Waals surface area contributed by atoms with Crippen molar-refractivity contribution in [1.82, 2.24) is 4.98 Å². The molecule has 0 N–H and O–H groups in total. The second kappa shape index (κ2) is 7.53. The van der Waals surface area contributed by atoms with Gasteiger partial charge in [0.25, 0.3) is 11.8 Å². The number of halogens is 1. The summed E-state index contributed by atoms with van der Waals surface area (Å²) in [5, 5.41) is 0.708. The van der Waals surface area contributed by atoms with Gasteiger partial charge in [-0.2, -0.15) is 0 Å². The number of carbonyl (C=O) groups is 2. The molecule has 0 radical (unpaired) electrons. The molecule has 0 unspecified atom stereocenters. The highest BCUT2D eigenvalue weighted by molar-refractivity contribution is 6.33. The lowest BCUT2D eigenvalue weighted by atomic mass is 9.93. The van der Waals surface area contributed by atoms with Gasteiger partial charge in [-0.05, 0) is 49.4 Å². The average molecular weight is 383 g/mol. The van der Waals surface area contributed by atoms with Crippen LogP contribution in [0.5, 0.6) is 5.88 Å². The number of hydrogen-bond acceptors (Lipinski definition) is 4. The number of rotatable bonds is 5. The van der Waals surface area contributed by atoms with Crippen molar-refractivity contribution in [3.05, 3.63) is 64.3 Å². The molecular formula is C21H19ClN2O3. The summed E-state index contributed by atoms with van der Waals surface area (Å²) in [7, 11) is 0. The zero-order chi connectivity index (χ0) is 18.8. The smallest absolute Gasteiger partial charge is 0.261 e. The van der Waals surface area contributed by atoms with Crippen molar-refractivity contribution in [3.63, 3.8) is 0 Å². The van der Waals surface area contributed by atoms with Crippen molar-refractivity contribution in [1.29, 1.82) is 0 Å². The first-order chi connectivity index (χ1) is 13.1. The van der Waals surface area contributed by atoms with E-state index in [1.54, 1.807) is 12.1 Å². The fourth-order valence-corrected chi connectivity index (χ4v) is 3.61. The number of anilines is 1. The van der Waals surface area contributed by atoms with Gasteiger partial charge in [0, 0.05) is 28.7 Å². The third kappa shape index (κ3) is 3.60. The number of nitrogens with zero attached hydrogens (tertiary/aromatic N) is 2. The fraction of sp³-hybridized carbons (Fsp3) is 0.286. The molecule has 0 fully saturated rings. The van der Waals surface area contributed by atoms with Gasteiger partial charge in [0.1, 0.15) is 0 Å². The lowest BCUT2D eigenvalue weighted by Gasteiger charge is -2.15. The Kier molecular flexibility index (Phi) is 4.94. The standard InChI is InChI=1S/C21H19ClN2O3/c22-15-7-5-14(6-8-15)11-12-27-19-10-9-16(13-23-19)24-20(25)17-3-1-2-4-18(17)21(24)26/h5-10,13H,1-4,11-12H2. The molecule has 0 saturated heterocycles. The maximum absolute atomic E-state index is 12.6. The first-order valence-corrected chi connectivity index (χ1v) is 9.45. The van der Waals surface area contributed by atoms with E-state index in [4.69, 9.17) is 16.3 Å². The van der Waals surface area contributed by atoms with Crippen LogP contribution in [-0.4, -0.2) is 23.4 Å². The minimum Gasteiger partial charge on any atom is -0.477 e. The molecule has 2 heterocycles. The van der Waals surface area contributed by atoms with Crippen LogP contribution in [0.4, 0.5) is 5.69 Å². The number of ether oxygens (including phenoxy) is 1. The fourth-order valence-electron chi connectivity index (χ4n) is 3.49. The molecular weight excluding hydrogens is 364 g/mol. The topological polar surface area (TPSA) is 59.5 Å². The van der Waals surface area contributed by atoms with Crippen LogP contribution in [0.25, 0.3) is 0 Å². The number of amides is 2. The minimum atomic E-state index is -0.201. The first kappa shape index (κ1) is 17.7. The molecule has 5 nitrogen and oxygen atoms in total. The summed E-state index contributed by atoms with van der Waals surface area (Å²) < 4.78 is 5.66. The number of imide groups is 1. The Labute approximate surface area is 162 Å². The van der Waals surface area contributed by atoms with E-state index in [2.05, 4.69) is 4.98 Å². The number of carbonyl (C=O) groups excluding carboxylic acids is 2. The molecule has 27 heavy (non-hydrogen) atoms. The second-order valence-electron chi connectivity index (χ2n) is 6.69. The van der Waals surface area contributed by atoms with E-state index in [0.29, 0.717) is 47.2 Å². The molecule has 1 aromatic heterocycles. The van der Waals surface area contributed by atoms with Gasteiger partial charge in [-0.25, -0.2) is 9.88 Å². The van der Waals surface area contributed by atoms with Crippen molar-refractivity contribution in [2.75, 3.05) is 11.5 Å². The normalized spacial score (nSPS) is 16.7. The van der Waals surface area contributed by atoms with E-state index in [-0.39, 0.29) is 11.8 Å². The molecule has 2 aliphatic rings. The summed E-state index contributed by atoms with van der Waals surface area (Å²) in [5.74, 6) is 0.0605. The van der Waals surface area contributed by atoms with Gasteiger partial charge < -0.3 is 4.74 Å². The van der Waals surface area contributed by atoms with Crippen LogP contribution < -0.4 is 9.64 Å². The summed E-state index contributed by atoms with van der Waals surface area (Å²) in [6.07, 6.45) is 5.56. The Morgan fingerprint density at radius 1 is 0.963 bits per heavy atom. The number of pyridine rings is 1. The maximum Gasteiger partial charge on any atom is 0.261 e. The molecule has 4 rings (SSSR count). The van der Waals surface area contributed by atoms with Crippen molar-refractivity contribution >= 4 is 29.1 Å². The molecule has 6 heteroatoms. The lowest BCUT2D eigenvalue weighted by molar-refractivity contribution is -0.120. The second-order valence-corrected chi connectivity index (χ2v) is 7.13. The molecule has 0 bridgehead atoms. The average Bonchev–Trinajstić information content (AvgIpc) is 2.95. The molecule has 2 aromatic rings. The van der Waals surface area contributed by atoms with E-state index in [0.717, 1.165) is 24.8 Å². The Bertz CT molecular complexity index is 876. The summed E-state index contributed by atoms with van der Waals surface area (Å²) >= 11 is 5.87. The van der Waals surface area contributed by atoms with Crippen LogP contribution in [0, 0.1) is 0 Å². The van der Waals surface area contributed by atoms with Crippen LogP contribution in [0.15, 0.2) is 53.7 Å². The molecule has 0 saturated carbocycles. The Morgan fingerprint density at radius 3 is 2.22 bits per heavy atom. The highest BCUT2D eigenvalue weighted by Gasteiger charge is 2.39. The van der Waals surface area contributed by atoms with Crippen molar-refractivity contribution in [2.24, 2.45) is 0 Å². The Morgan fingerprint density at radius 2 is 1.63 bits per heavy atom. The zero-order valence-electron chi connectivity index (χ0n) is 14.8. The zero-order valence-corrected chi connectivity index (χ0v) is 15.5. The maximum atomic E-state index is 12.6. The van der Waals surface area contributed by atoms with Gasteiger partial charge in [-0.15, -0.1) is 0 Å². The predicted molar refractivity (Wildman–Crippen MR) is 103 cm³/mol. The van der Waals surface area contributed by atoms with E-state index in [1.165, 1.54) is 11.1 Å². The summed E-state index contributed by atoms with van der Waals surface area (Å²) in [5.41, 5.74) is 2.97. The van der Waals surface area contributed by atoms with Gasteiger partial charge in [0.15, 0.2) is 0 Å². The summed E-state index contributed by atoms with van der Waals surface area (Å²) in [6.45, 7) is 0.478. The number of hydrogen-bond donors (Lipinski definition) is 0. The van der Waals surface area contributed by atoms with Crippen LogP contribution in [0.3, 0.4) is 0 Å². The van der Waals surface area contributed by atoms with Crippen LogP contribution in [0.1, 0.15) is 31.2 Å². The SMILES string of the molecule is O=C1C2=C(CCCC2)C(=O)N1c1ccc(OCCc2ccc(Cl)cc2)nc1. The summed E-state index contributed by atoms with van der Waals surface area (Å²) in [6, 6.07) is 11.0. The van der Waals surface area contributed by atoms with Gasteiger partial charge in [-0.3, -0.25) is 9.59 Å². The predicted octanol–water partition coefficient (Wildman–Crippen LogP) is 4.10. The van der Waals surface area contributed by atoms with Crippen LogP contribution in [-0.2, 0) is 16.0 Å². The minimum absolute atomic E-state index is 0.201. The van der Waals surface area contributed by atoms with Gasteiger partial charge >= 0.3 is 0 Å². The lowest BCUT2D eigenvalue weighted by Crippen LogP contribution is -2.31. The molecule has 1 aliphatic carbocycles. The van der Waals surface area contributed by atoms with Crippen LogP contribution >= 0.6 is 11.6 Å². The summed E-state index contributed by atoms with van der Waals surface area (Å²) in [4.78, 5) is 30.6. The monoisotopic (exact) mass is 382 g/mol. The highest BCUT2D eigenvalue weighted by atomic mass is 35.5. The molecule has 138 valence electrons. The molecule has 1 aliphatic heterocycles. The van der Waals surface area contributed by atoms with Crippen molar-refractivity contribution in [3.8, 4) is 5.88 Å². The van der Waals surface area contributed by atoms with Crippen LogP contribution in [0.2, 0.25) is 5.02 Å². The van der Waals surface area contributed by atoms with E-state index in [1.807, 2.05) is 24.3 Å². The van der Waals surface area contributed by atoms with Gasteiger partial charge in [0.05, 0.1) is 18.5 Å². The Hall–Kier alpha value is -2.66. The Balaban J connectivity index is 1.38. The largest absolute Gasteiger partial charge is 0.477 e. The van der Waals surface area contributed by atoms with Gasteiger partial charge in [-0.1, -0.05) is 23.7 Å². The van der Waals surface area contributed by atoms with Crippen molar-refractivity contribution in [2.45, 2.75) is 32.1 Å². The quantitative estimate of drug-likeness (QED) is 0.730. The molecule has 0 spiro atoms. The highest BCUT2D eigenvalue weighted by Crippen LogP contribution is 2.35. The molecule has 1 aromatic carbocycles. The number of aromatic nitrogens is 1.